The monoisotopic (exact) mass is 440 g/mol. The zero-order valence-corrected chi connectivity index (χ0v) is 20.0. The maximum Gasteiger partial charge on any atom is 0.119 e. The fourth-order valence-electron chi connectivity index (χ4n) is 4.49. The third-order valence-electron chi connectivity index (χ3n) is 6.65. The van der Waals surface area contributed by atoms with Crippen LogP contribution < -0.4 is 10.1 Å². The molecule has 0 amide bonds. The maximum absolute atomic E-state index is 5.88. The average molecular weight is 441 g/mol. The molecular formula is C30H36N2O. The number of hydrogen-bond donors (Lipinski definition) is 1. The summed E-state index contributed by atoms with van der Waals surface area (Å²) in [6.45, 7) is 12.6. The van der Waals surface area contributed by atoms with Gasteiger partial charge >= 0.3 is 0 Å². The molecule has 0 bridgehead atoms. The normalized spacial score (nSPS) is 14.9. The highest BCUT2D eigenvalue weighted by molar-refractivity contribution is 5.35. The second-order valence-corrected chi connectivity index (χ2v) is 9.20. The van der Waals surface area contributed by atoms with Crippen molar-refractivity contribution < 1.29 is 4.74 Å². The lowest BCUT2D eigenvalue weighted by atomic mass is 9.91. The van der Waals surface area contributed by atoms with E-state index in [0.29, 0.717) is 5.92 Å². The van der Waals surface area contributed by atoms with Gasteiger partial charge in [0.25, 0.3) is 0 Å². The molecule has 4 rings (SSSR count). The fourth-order valence-corrected chi connectivity index (χ4v) is 4.49. The van der Waals surface area contributed by atoms with Crippen LogP contribution in [0.1, 0.15) is 41.1 Å². The molecule has 0 radical (unpaired) electrons. The van der Waals surface area contributed by atoms with Gasteiger partial charge in [-0.15, -0.1) is 0 Å². The van der Waals surface area contributed by atoms with E-state index in [1.807, 2.05) is 30.3 Å². The van der Waals surface area contributed by atoms with Crippen molar-refractivity contribution in [3.8, 4) is 5.75 Å². The second-order valence-electron chi connectivity index (χ2n) is 9.20. The van der Waals surface area contributed by atoms with Crippen molar-refractivity contribution in [1.29, 1.82) is 0 Å². The largest absolute Gasteiger partial charge is 0.492 e. The van der Waals surface area contributed by atoms with E-state index in [9.17, 15) is 0 Å². The molecule has 1 aliphatic rings. The number of para-hydroxylation sites is 1. The number of rotatable bonds is 9. The van der Waals surface area contributed by atoms with Gasteiger partial charge in [-0.3, -0.25) is 4.90 Å². The van der Waals surface area contributed by atoms with Crippen molar-refractivity contribution in [3.05, 3.63) is 113 Å². The molecule has 1 fully saturated rings. The highest BCUT2D eigenvalue weighted by Crippen LogP contribution is 2.28. The van der Waals surface area contributed by atoms with Crippen LogP contribution in [0.4, 0.5) is 0 Å². The zero-order chi connectivity index (χ0) is 23.0. The van der Waals surface area contributed by atoms with Crippen molar-refractivity contribution in [3.63, 3.8) is 0 Å². The number of nitrogens with zero attached hydrogens (tertiary/aromatic N) is 1. The first-order valence-corrected chi connectivity index (χ1v) is 12.1. The van der Waals surface area contributed by atoms with E-state index in [0.717, 1.165) is 50.5 Å². The van der Waals surface area contributed by atoms with Gasteiger partial charge in [0.15, 0.2) is 0 Å². The Morgan fingerprint density at radius 2 is 1.42 bits per heavy atom. The summed E-state index contributed by atoms with van der Waals surface area (Å²) in [7, 11) is 0. The number of likely N-dealkylation sites (tertiary alicyclic amines) is 1. The molecule has 0 aromatic heterocycles. The van der Waals surface area contributed by atoms with Crippen LogP contribution in [0.2, 0.25) is 0 Å². The molecule has 0 aliphatic carbocycles. The minimum absolute atomic E-state index is 0.121. The molecule has 33 heavy (non-hydrogen) atoms. The first kappa shape index (κ1) is 23.1. The Morgan fingerprint density at radius 3 is 1.97 bits per heavy atom. The lowest BCUT2D eigenvalue weighted by Gasteiger charge is -2.34. The summed E-state index contributed by atoms with van der Waals surface area (Å²) in [4.78, 5) is 2.50. The molecule has 3 nitrogen and oxygen atoms in total. The molecule has 1 N–H and O–H groups in total. The van der Waals surface area contributed by atoms with Gasteiger partial charge in [0, 0.05) is 18.2 Å². The Hall–Kier alpha value is -3.04. The molecule has 0 saturated carbocycles. The van der Waals surface area contributed by atoms with Gasteiger partial charge in [-0.25, -0.2) is 0 Å². The smallest absolute Gasteiger partial charge is 0.119 e. The van der Waals surface area contributed by atoms with Crippen molar-refractivity contribution in [2.75, 3.05) is 26.2 Å². The van der Waals surface area contributed by atoms with Crippen molar-refractivity contribution in [1.82, 2.24) is 10.2 Å². The summed E-state index contributed by atoms with van der Waals surface area (Å²) < 4.78 is 5.88. The minimum Gasteiger partial charge on any atom is -0.492 e. The highest BCUT2D eigenvalue weighted by Gasteiger charge is 2.24. The van der Waals surface area contributed by atoms with E-state index >= 15 is 0 Å². The summed E-state index contributed by atoms with van der Waals surface area (Å²) in [5, 5.41) is 3.80. The standard InChI is InChI=1S/C30H36N2O/c1-23-9-13-27(14-10-23)30(28-15-11-24(2)12-16-28)31-25(3)26-17-19-32(20-18-26)21-22-33-29-7-5-4-6-8-29/h4-16,26,30-31H,3,17-22H2,1-2H3. The fraction of sp³-hybridized carbons (Fsp3) is 0.333. The molecule has 1 aliphatic heterocycles. The van der Waals surface area contributed by atoms with Crippen LogP contribution in [0.25, 0.3) is 0 Å². The SMILES string of the molecule is C=C(NC(c1ccc(C)cc1)c1ccc(C)cc1)C1CCN(CCOc2ccccc2)CC1. The summed E-state index contributed by atoms with van der Waals surface area (Å²) in [6.07, 6.45) is 2.26. The molecule has 1 saturated heterocycles. The molecule has 3 aromatic rings. The lowest BCUT2D eigenvalue weighted by Crippen LogP contribution is -2.38. The maximum atomic E-state index is 5.88. The van der Waals surface area contributed by atoms with Gasteiger partial charge in [-0.2, -0.15) is 0 Å². The van der Waals surface area contributed by atoms with Crippen LogP contribution in [-0.2, 0) is 0 Å². The Balaban J connectivity index is 1.32. The third-order valence-corrected chi connectivity index (χ3v) is 6.65. The van der Waals surface area contributed by atoms with E-state index < -0.39 is 0 Å². The Morgan fingerprint density at radius 1 is 0.879 bits per heavy atom. The number of nitrogens with one attached hydrogen (secondary N) is 1. The summed E-state index contributed by atoms with van der Waals surface area (Å²) in [5.74, 6) is 1.44. The Kier molecular flexibility index (Phi) is 7.85. The average Bonchev–Trinajstić information content (AvgIpc) is 2.85. The van der Waals surface area contributed by atoms with E-state index in [-0.39, 0.29) is 6.04 Å². The number of aryl methyl sites for hydroxylation is 2. The quantitative estimate of drug-likeness (QED) is 0.423. The molecular weight excluding hydrogens is 404 g/mol. The number of hydrogen-bond acceptors (Lipinski definition) is 3. The van der Waals surface area contributed by atoms with Gasteiger partial charge in [-0.1, -0.05) is 84.4 Å². The van der Waals surface area contributed by atoms with E-state index in [1.165, 1.54) is 22.3 Å². The van der Waals surface area contributed by atoms with Crippen molar-refractivity contribution in [2.45, 2.75) is 32.7 Å². The predicted molar refractivity (Wildman–Crippen MR) is 138 cm³/mol. The molecule has 3 aromatic carbocycles. The summed E-state index contributed by atoms with van der Waals surface area (Å²) in [5.41, 5.74) is 6.27. The zero-order valence-electron chi connectivity index (χ0n) is 20.0. The topological polar surface area (TPSA) is 24.5 Å². The van der Waals surface area contributed by atoms with Crippen LogP contribution in [0.3, 0.4) is 0 Å². The predicted octanol–water partition coefficient (Wildman–Crippen LogP) is 6.29. The third kappa shape index (κ3) is 6.49. The molecule has 0 unspecified atom stereocenters. The second kappa shape index (κ2) is 11.2. The van der Waals surface area contributed by atoms with Gasteiger partial charge in [0.2, 0.25) is 0 Å². The highest BCUT2D eigenvalue weighted by atomic mass is 16.5. The summed E-state index contributed by atoms with van der Waals surface area (Å²) >= 11 is 0. The Labute approximate surface area is 199 Å². The van der Waals surface area contributed by atoms with Crippen LogP contribution in [0, 0.1) is 19.8 Å². The van der Waals surface area contributed by atoms with Crippen LogP contribution >= 0.6 is 0 Å². The van der Waals surface area contributed by atoms with Crippen molar-refractivity contribution in [2.24, 2.45) is 5.92 Å². The van der Waals surface area contributed by atoms with Gasteiger partial charge in [0.1, 0.15) is 12.4 Å². The molecule has 0 spiro atoms. The minimum atomic E-state index is 0.121. The number of ether oxygens (including phenoxy) is 1. The van der Waals surface area contributed by atoms with E-state index in [4.69, 9.17) is 4.74 Å². The molecule has 1 heterocycles. The Bertz CT molecular complexity index is 958. The van der Waals surface area contributed by atoms with Gasteiger partial charge < -0.3 is 10.1 Å². The number of benzene rings is 3. The molecule has 172 valence electrons. The number of piperidine rings is 1. The molecule has 3 heteroatoms. The van der Waals surface area contributed by atoms with Crippen LogP contribution in [0.15, 0.2) is 91.1 Å². The van der Waals surface area contributed by atoms with Gasteiger partial charge in [0.05, 0.1) is 6.04 Å². The van der Waals surface area contributed by atoms with E-state index in [1.54, 1.807) is 0 Å². The molecule has 0 atom stereocenters. The van der Waals surface area contributed by atoms with Crippen LogP contribution in [0.5, 0.6) is 5.75 Å². The first-order chi connectivity index (χ1) is 16.1. The lowest BCUT2D eigenvalue weighted by molar-refractivity contribution is 0.162. The summed E-state index contributed by atoms with van der Waals surface area (Å²) in [6, 6.07) is 27.9. The number of allylic oxidation sites excluding steroid dienone is 1. The first-order valence-electron chi connectivity index (χ1n) is 12.1. The van der Waals surface area contributed by atoms with Crippen LogP contribution in [-0.4, -0.2) is 31.1 Å². The van der Waals surface area contributed by atoms with Gasteiger partial charge in [-0.05, 0) is 63.0 Å². The van der Waals surface area contributed by atoms with Crippen molar-refractivity contribution >= 4 is 0 Å². The van der Waals surface area contributed by atoms with E-state index in [2.05, 4.69) is 79.2 Å².